The Morgan fingerprint density at radius 1 is 1.40 bits per heavy atom. The van der Waals surface area contributed by atoms with Crippen molar-refractivity contribution in [3.8, 4) is 17.3 Å². The molecule has 0 bridgehead atoms. The largest absolute Gasteiger partial charge is 0.301 e. The number of carbonyl (C=O) groups excluding carboxylic acids is 1. The normalized spacial score (nSPS) is 10.9. The zero-order valence-corrected chi connectivity index (χ0v) is 12.5. The summed E-state index contributed by atoms with van der Waals surface area (Å²) in [6.45, 7) is 3.13. The van der Waals surface area contributed by atoms with E-state index >= 15 is 0 Å². The highest BCUT2D eigenvalue weighted by Gasteiger charge is 2.27. The molecule has 0 atom stereocenters. The highest BCUT2D eigenvalue weighted by atomic mass is 35.5. The molecule has 0 aliphatic rings. The van der Waals surface area contributed by atoms with Gasteiger partial charge in [-0.05, 0) is 26.0 Å². The number of rotatable bonds is 3. The van der Waals surface area contributed by atoms with Gasteiger partial charge in [-0.15, -0.1) is 11.3 Å². The lowest BCUT2D eigenvalue weighted by Gasteiger charge is -2.12. The summed E-state index contributed by atoms with van der Waals surface area (Å²) in [6.07, 6.45) is 0. The molecule has 4 nitrogen and oxygen atoms in total. The molecular formula is C14H12ClN3OS. The van der Waals surface area contributed by atoms with E-state index in [9.17, 15) is 4.79 Å². The molecular weight excluding hydrogens is 294 g/mol. The maximum atomic E-state index is 11.9. The van der Waals surface area contributed by atoms with Gasteiger partial charge in [-0.3, -0.25) is 4.79 Å². The number of benzene rings is 1. The first kappa shape index (κ1) is 14.5. The van der Waals surface area contributed by atoms with Gasteiger partial charge in [0, 0.05) is 16.0 Å². The van der Waals surface area contributed by atoms with Crippen molar-refractivity contribution < 1.29 is 4.79 Å². The van der Waals surface area contributed by atoms with Crippen molar-refractivity contribution in [1.29, 1.82) is 5.26 Å². The standard InChI is InChI=1S/C14H12ClN3OS/c1-14(2,8-16)12(19)18-13-17-11(7-20-13)9-3-5-10(15)6-4-9/h3-7H,1-2H3,(H,17,18,19). The topological polar surface area (TPSA) is 65.8 Å². The molecule has 20 heavy (non-hydrogen) atoms. The Hall–Kier alpha value is -1.90. The number of halogens is 1. The minimum atomic E-state index is -1.08. The number of hydrogen-bond acceptors (Lipinski definition) is 4. The van der Waals surface area contributed by atoms with E-state index in [1.54, 1.807) is 26.0 Å². The highest BCUT2D eigenvalue weighted by Crippen LogP contribution is 2.27. The molecule has 1 heterocycles. The fourth-order valence-corrected chi connectivity index (χ4v) is 2.23. The van der Waals surface area contributed by atoms with E-state index < -0.39 is 5.41 Å². The van der Waals surface area contributed by atoms with Crippen molar-refractivity contribution in [3.05, 3.63) is 34.7 Å². The van der Waals surface area contributed by atoms with Gasteiger partial charge in [0.15, 0.2) is 5.13 Å². The van der Waals surface area contributed by atoms with Crippen molar-refractivity contribution in [1.82, 2.24) is 4.98 Å². The first-order valence-corrected chi connectivity index (χ1v) is 7.12. The number of nitriles is 1. The molecule has 0 spiro atoms. The van der Waals surface area contributed by atoms with Crippen molar-refractivity contribution in [2.75, 3.05) is 5.32 Å². The van der Waals surface area contributed by atoms with Crippen molar-refractivity contribution in [2.45, 2.75) is 13.8 Å². The van der Waals surface area contributed by atoms with Crippen LogP contribution in [0.25, 0.3) is 11.3 Å². The van der Waals surface area contributed by atoms with Gasteiger partial charge in [0.1, 0.15) is 5.41 Å². The van der Waals surface area contributed by atoms with Gasteiger partial charge >= 0.3 is 0 Å². The van der Waals surface area contributed by atoms with Gasteiger partial charge in [0.25, 0.3) is 0 Å². The molecule has 2 aromatic rings. The summed E-state index contributed by atoms with van der Waals surface area (Å²) in [5, 5.41) is 14.5. The average Bonchev–Trinajstić information content (AvgIpc) is 2.88. The van der Waals surface area contributed by atoms with E-state index in [-0.39, 0.29) is 5.91 Å². The van der Waals surface area contributed by atoms with Crippen LogP contribution in [-0.4, -0.2) is 10.9 Å². The van der Waals surface area contributed by atoms with Gasteiger partial charge in [0.2, 0.25) is 5.91 Å². The number of amides is 1. The molecule has 1 amide bonds. The summed E-state index contributed by atoms with van der Waals surface area (Å²) < 4.78 is 0. The molecule has 2 rings (SSSR count). The average molecular weight is 306 g/mol. The SMILES string of the molecule is CC(C)(C#N)C(=O)Nc1nc(-c2ccc(Cl)cc2)cs1. The van der Waals surface area contributed by atoms with E-state index in [0.717, 1.165) is 11.3 Å². The first-order chi connectivity index (χ1) is 9.42. The molecule has 0 saturated carbocycles. The van der Waals surface area contributed by atoms with Crippen LogP contribution in [0, 0.1) is 16.7 Å². The van der Waals surface area contributed by atoms with Gasteiger partial charge in [0.05, 0.1) is 11.8 Å². The quantitative estimate of drug-likeness (QED) is 0.933. The van der Waals surface area contributed by atoms with Crippen molar-refractivity contribution in [3.63, 3.8) is 0 Å². The van der Waals surface area contributed by atoms with Crippen LogP contribution in [0.2, 0.25) is 5.02 Å². The summed E-state index contributed by atoms with van der Waals surface area (Å²) in [5.41, 5.74) is 0.606. The molecule has 1 aromatic heterocycles. The molecule has 0 aliphatic heterocycles. The van der Waals surface area contributed by atoms with Crippen LogP contribution in [0.15, 0.2) is 29.6 Å². The molecule has 0 fully saturated rings. The predicted molar refractivity (Wildman–Crippen MR) is 80.6 cm³/mol. The Bertz CT molecular complexity index is 670. The van der Waals surface area contributed by atoms with Crippen LogP contribution in [0.5, 0.6) is 0 Å². The third kappa shape index (κ3) is 3.16. The number of anilines is 1. The Labute approximate surface area is 126 Å². The van der Waals surface area contributed by atoms with Crippen LogP contribution < -0.4 is 5.32 Å². The van der Waals surface area contributed by atoms with Crippen LogP contribution in [0.4, 0.5) is 5.13 Å². The van der Waals surface area contributed by atoms with E-state index in [4.69, 9.17) is 16.9 Å². The molecule has 0 saturated heterocycles. The summed E-state index contributed by atoms with van der Waals surface area (Å²) in [6, 6.07) is 9.25. The van der Waals surface area contributed by atoms with E-state index in [0.29, 0.717) is 10.2 Å². The predicted octanol–water partition coefficient (Wildman–Crippen LogP) is 3.95. The van der Waals surface area contributed by atoms with Gasteiger partial charge < -0.3 is 5.32 Å². The van der Waals surface area contributed by atoms with E-state index in [1.165, 1.54) is 11.3 Å². The number of hydrogen-bond donors (Lipinski definition) is 1. The van der Waals surface area contributed by atoms with Crippen molar-refractivity contribution in [2.24, 2.45) is 5.41 Å². The summed E-state index contributed by atoms with van der Waals surface area (Å²) >= 11 is 7.15. The number of thiazole rings is 1. The summed E-state index contributed by atoms with van der Waals surface area (Å²) in [5.74, 6) is -0.364. The number of carbonyl (C=O) groups is 1. The minimum Gasteiger partial charge on any atom is -0.301 e. The van der Waals surface area contributed by atoms with Gasteiger partial charge in [-0.1, -0.05) is 23.7 Å². The second kappa shape index (κ2) is 5.61. The molecule has 1 aromatic carbocycles. The Morgan fingerprint density at radius 3 is 2.65 bits per heavy atom. The number of nitrogens with one attached hydrogen (secondary N) is 1. The molecule has 0 unspecified atom stereocenters. The molecule has 0 aliphatic carbocycles. The maximum Gasteiger partial charge on any atom is 0.246 e. The third-order valence-corrected chi connectivity index (χ3v) is 3.72. The second-order valence-electron chi connectivity index (χ2n) is 4.74. The Morgan fingerprint density at radius 2 is 2.05 bits per heavy atom. The molecule has 102 valence electrons. The zero-order chi connectivity index (χ0) is 14.8. The lowest BCUT2D eigenvalue weighted by molar-refractivity contribution is -0.121. The van der Waals surface area contributed by atoms with Crippen molar-refractivity contribution >= 4 is 34.0 Å². The Kier molecular flexibility index (Phi) is 4.07. The smallest absolute Gasteiger partial charge is 0.246 e. The number of aromatic nitrogens is 1. The van der Waals surface area contributed by atoms with Crippen LogP contribution >= 0.6 is 22.9 Å². The van der Waals surface area contributed by atoms with Gasteiger partial charge in [-0.25, -0.2) is 4.98 Å². The minimum absolute atomic E-state index is 0.364. The summed E-state index contributed by atoms with van der Waals surface area (Å²) in [7, 11) is 0. The molecule has 0 radical (unpaired) electrons. The van der Waals surface area contributed by atoms with Crippen LogP contribution in [0.1, 0.15) is 13.8 Å². The zero-order valence-electron chi connectivity index (χ0n) is 11.0. The molecule has 1 N–H and O–H groups in total. The monoisotopic (exact) mass is 305 g/mol. The first-order valence-electron chi connectivity index (χ1n) is 5.86. The fraction of sp³-hybridized carbons (Fsp3) is 0.214. The Balaban J connectivity index is 2.16. The lowest BCUT2D eigenvalue weighted by atomic mass is 9.95. The lowest BCUT2D eigenvalue weighted by Crippen LogP contribution is -2.29. The van der Waals surface area contributed by atoms with Crippen LogP contribution in [0.3, 0.4) is 0 Å². The third-order valence-electron chi connectivity index (χ3n) is 2.71. The molecule has 6 heteroatoms. The van der Waals surface area contributed by atoms with Crippen LogP contribution in [-0.2, 0) is 4.79 Å². The fourth-order valence-electron chi connectivity index (χ4n) is 1.39. The maximum absolute atomic E-state index is 11.9. The van der Waals surface area contributed by atoms with E-state index in [2.05, 4.69) is 10.3 Å². The summed E-state index contributed by atoms with van der Waals surface area (Å²) in [4.78, 5) is 16.2. The second-order valence-corrected chi connectivity index (χ2v) is 6.03. The van der Waals surface area contributed by atoms with Gasteiger partial charge in [-0.2, -0.15) is 5.26 Å². The van der Waals surface area contributed by atoms with E-state index in [1.807, 2.05) is 23.6 Å². The number of nitrogens with zero attached hydrogens (tertiary/aromatic N) is 2. The highest BCUT2D eigenvalue weighted by molar-refractivity contribution is 7.14.